The molecule has 0 radical (unpaired) electrons. The minimum absolute atomic E-state index is 0.0208. The van der Waals surface area contributed by atoms with E-state index >= 15 is 0 Å². The summed E-state index contributed by atoms with van der Waals surface area (Å²) < 4.78 is 38.1. The lowest BCUT2D eigenvalue weighted by Crippen LogP contribution is -2.31. The van der Waals surface area contributed by atoms with Crippen LogP contribution in [0.4, 0.5) is 13.2 Å². The topological polar surface area (TPSA) is 62.2 Å². The summed E-state index contributed by atoms with van der Waals surface area (Å²) in [6.45, 7) is 3.71. The highest BCUT2D eigenvalue weighted by molar-refractivity contribution is 5.93. The number of nitrogens with zero attached hydrogens (tertiary/aromatic N) is 1. The molecule has 1 rings (SSSR count). The van der Waals surface area contributed by atoms with E-state index in [0.717, 1.165) is 18.3 Å². The number of halogens is 3. The van der Waals surface area contributed by atoms with Gasteiger partial charge in [-0.25, -0.2) is 0 Å². The summed E-state index contributed by atoms with van der Waals surface area (Å²) in [5.41, 5.74) is -1.72. The second kappa shape index (κ2) is 6.69. The van der Waals surface area contributed by atoms with E-state index in [-0.39, 0.29) is 18.9 Å². The van der Waals surface area contributed by atoms with Crippen LogP contribution >= 0.6 is 0 Å². The lowest BCUT2D eigenvalue weighted by molar-refractivity contribution is -0.138. The van der Waals surface area contributed by atoms with Crippen molar-refractivity contribution < 1.29 is 23.1 Å². The van der Waals surface area contributed by atoms with E-state index in [1.54, 1.807) is 0 Å². The molecule has 2 N–H and O–H groups in total. The van der Waals surface area contributed by atoms with Crippen LogP contribution in [0.3, 0.4) is 0 Å². The normalized spacial score (nSPS) is 13.3. The zero-order chi connectivity index (χ0) is 15.3. The van der Waals surface area contributed by atoms with Crippen LogP contribution in [0.2, 0.25) is 0 Å². The van der Waals surface area contributed by atoms with Crippen molar-refractivity contribution in [1.82, 2.24) is 10.3 Å². The number of aliphatic hydroxyl groups is 1. The molecule has 1 aromatic rings. The first-order valence-corrected chi connectivity index (χ1v) is 6.22. The molecule has 0 saturated heterocycles. The maximum absolute atomic E-state index is 12.7. The Kier molecular flexibility index (Phi) is 5.50. The predicted molar refractivity (Wildman–Crippen MR) is 67.0 cm³/mol. The average molecular weight is 290 g/mol. The van der Waals surface area contributed by atoms with Crippen LogP contribution in [-0.4, -0.2) is 28.6 Å². The van der Waals surface area contributed by atoms with Gasteiger partial charge in [0.15, 0.2) is 0 Å². The van der Waals surface area contributed by atoms with Crippen LogP contribution in [0.15, 0.2) is 18.3 Å². The zero-order valence-electron chi connectivity index (χ0n) is 11.2. The van der Waals surface area contributed by atoms with Crippen molar-refractivity contribution in [1.29, 1.82) is 0 Å². The van der Waals surface area contributed by atoms with E-state index in [0.29, 0.717) is 0 Å². The van der Waals surface area contributed by atoms with Crippen molar-refractivity contribution in [2.45, 2.75) is 32.5 Å². The predicted octanol–water partition coefficient (Wildman–Crippen LogP) is 2.24. The van der Waals surface area contributed by atoms with Crippen molar-refractivity contribution in [2.24, 2.45) is 5.92 Å². The third kappa shape index (κ3) is 4.48. The van der Waals surface area contributed by atoms with Gasteiger partial charge in [-0.1, -0.05) is 13.8 Å². The molecule has 0 saturated carbocycles. The number of carbonyl (C=O) groups is 1. The van der Waals surface area contributed by atoms with Gasteiger partial charge in [-0.2, -0.15) is 13.2 Å². The van der Waals surface area contributed by atoms with E-state index in [4.69, 9.17) is 0 Å². The quantitative estimate of drug-likeness (QED) is 0.874. The molecule has 20 heavy (non-hydrogen) atoms. The van der Waals surface area contributed by atoms with Gasteiger partial charge < -0.3 is 10.4 Å². The highest BCUT2D eigenvalue weighted by Crippen LogP contribution is 2.30. The Hall–Kier alpha value is -1.63. The number of hydrogen-bond acceptors (Lipinski definition) is 3. The molecule has 0 aliphatic carbocycles. The number of amides is 1. The van der Waals surface area contributed by atoms with Crippen LogP contribution < -0.4 is 5.32 Å². The number of rotatable bonds is 5. The van der Waals surface area contributed by atoms with Gasteiger partial charge in [0.05, 0.1) is 11.7 Å². The van der Waals surface area contributed by atoms with Crippen molar-refractivity contribution in [3.05, 3.63) is 29.6 Å². The van der Waals surface area contributed by atoms with Gasteiger partial charge in [-0.15, -0.1) is 0 Å². The Morgan fingerprint density at radius 2 is 2.10 bits per heavy atom. The van der Waals surface area contributed by atoms with E-state index in [1.807, 2.05) is 13.8 Å². The molecule has 112 valence electrons. The summed E-state index contributed by atoms with van der Waals surface area (Å²) in [4.78, 5) is 15.2. The molecule has 0 aliphatic rings. The largest absolute Gasteiger partial charge is 0.418 e. The van der Waals surface area contributed by atoms with E-state index in [9.17, 15) is 23.1 Å². The molecule has 1 unspecified atom stereocenters. The minimum Gasteiger partial charge on any atom is -0.393 e. The van der Waals surface area contributed by atoms with Crippen LogP contribution in [0.1, 0.15) is 36.3 Å². The summed E-state index contributed by atoms with van der Waals surface area (Å²) in [7, 11) is 0. The fraction of sp³-hybridized carbons (Fsp3) is 0.538. The molecule has 4 nitrogen and oxygen atoms in total. The Morgan fingerprint density at radius 3 is 2.65 bits per heavy atom. The highest BCUT2D eigenvalue weighted by Gasteiger charge is 2.35. The van der Waals surface area contributed by atoms with Gasteiger partial charge >= 0.3 is 6.18 Å². The molecule has 1 atom stereocenters. The lowest BCUT2D eigenvalue weighted by Gasteiger charge is -2.15. The van der Waals surface area contributed by atoms with E-state index in [2.05, 4.69) is 10.3 Å². The summed E-state index contributed by atoms with van der Waals surface area (Å²) in [6, 6.07) is 1.94. The molecular formula is C13H17F3N2O2. The summed E-state index contributed by atoms with van der Waals surface area (Å²) in [5, 5.41) is 11.9. The Labute approximate surface area is 115 Å². The van der Waals surface area contributed by atoms with Gasteiger partial charge in [-0.3, -0.25) is 9.78 Å². The van der Waals surface area contributed by atoms with Gasteiger partial charge in [0.2, 0.25) is 0 Å². The number of carbonyl (C=O) groups excluding carboxylic acids is 1. The number of nitrogens with one attached hydrogen (secondary N) is 1. The summed E-state index contributed by atoms with van der Waals surface area (Å²) >= 11 is 0. The van der Waals surface area contributed by atoms with E-state index < -0.39 is 29.4 Å². The Morgan fingerprint density at radius 1 is 1.45 bits per heavy atom. The lowest BCUT2D eigenvalue weighted by atomic mass is 10.0. The molecule has 7 heteroatoms. The second-order valence-electron chi connectivity index (χ2n) is 4.75. The maximum atomic E-state index is 12.7. The molecule has 1 aromatic heterocycles. The first kappa shape index (κ1) is 16.4. The molecule has 0 aromatic carbocycles. The highest BCUT2D eigenvalue weighted by atomic mass is 19.4. The van der Waals surface area contributed by atoms with Gasteiger partial charge in [0.1, 0.15) is 5.69 Å². The smallest absolute Gasteiger partial charge is 0.393 e. The first-order chi connectivity index (χ1) is 9.23. The molecule has 0 bridgehead atoms. The van der Waals surface area contributed by atoms with Crippen molar-refractivity contribution >= 4 is 5.91 Å². The number of aliphatic hydroxyl groups excluding tert-OH is 1. The van der Waals surface area contributed by atoms with Crippen LogP contribution in [0, 0.1) is 5.92 Å². The van der Waals surface area contributed by atoms with E-state index in [1.165, 1.54) is 0 Å². The number of aromatic nitrogens is 1. The SMILES string of the molecule is CC(C)C(O)CCNC(=O)c1ncccc1C(F)(F)F. The molecule has 0 fully saturated rings. The third-order valence-electron chi connectivity index (χ3n) is 2.82. The number of hydrogen-bond donors (Lipinski definition) is 2. The standard InChI is InChI=1S/C13H17F3N2O2/c1-8(2)10(19)5-7-18-12(20)11-9(13(14,15)16)4-3-6-17-11/h3-4,6,8,10,19H,5,7H2,1-2H3,(H,18,20). The van der Waals surface area contributed by atoms with Crippen molar-refractivity contribution in [2.75, 3.05) is 6.54 Å². The second-order valence-corrected chi connectivity index (χ2v) is 4.75. The van der Waals surface area contributed by atoms with Crippen LogP contribution in [0.25, 0.3) is 0 Å². The van der Waals surface area contributed by atoms with Crippen LogP contribution in [0.5, 0.6) is 0 Å². The van der Waals surface area contributed by atoms with Gasteiger partial charge in [-0.05, 0) is 24.5 Å². The molecule has 0 aliphatic heterocycles. The minimum atomic E-state index is -4.63. The van der Waals surface area contributed by atoms with Gasteiger partial charge in [0.25, 0.3) is 5.91 Å². The molecule has 0 spiro atoms. The van der Waals surface area contributed by atoms with Crippen molar-refractivity contribution in [3.63, 3.8) is 0 Å². The molecule has 1 heterocycles. The Balaban J connectivity index is 2.69. The monoisotopic (exact) mass is 290 g/mol. The summed E-state index contributed by atoms with van der Waals surface area (Å²) in [5.74, 6) is -0.874. The third-order valence-corrected chi connectivity index (χ3v) is 2.82. The first-order valence-electron chi connectivity index (χ1n) is 6.22. The zero-order valence-corrected chi connectivity index (χ0v) is 11.2. The number of pyridine rings is 1. The average Bonchev–Trinajstić information content (AvgIpc) is 2.37. The molecular weight excluding hydrogens is 273 g/mol. The maximum Gasteiger partial charge on any atom is 0.418 e. The summed E-state index contributed by atoms with van der Waals surface area (Å²) in [6.07, 6.45) is -3.83. The van der Waals surface area contributed by atoms with Gasteiger partial charge in [0, 0.05) is 12.7 Å². The number of alkyl halides is 3. The van der Waals surface area contributed by atoms with Crippen molar-refractivity contribution in [3.8, 4) is 0 Å². The van der Waals surface area contributed by atoms with Crippen LogP contribution in [-0.2, 0) is 6.18 Å². The molecule has 1 amide bonds. The fourth-order valence-corrected chi connectivity index (χ4v) is 1.57. The Bertz CT molecular complexity index is 461. The fourth-order valence-electron chi connectivity index (χ4n) is 1.57.